The summed E-state index contributed by atoms with van der Waals surface area (Å²) in [5, 5.41) is 0. The molecule has 21 heavy (non-hydrogen) atoms. The van der Waals surface area contributed by atoms with E-state index in [2.05, 4.69) is 38.1 Å². The second-order valence-electron chi connectivity index (χ2n) is 7.05. The van der Waals surface area contributed by atoms with E-state index in [1.807, 2.05) is 0 Å². The van der Waals surface area contributed by atoms with Crippen molar-refractivity contribution in [2.24, 2.45) is 0 Å². The van der Waals surface area contributed by atoms with Crippen LogP contribution in [0.3, 0.4) is 0 Å². The summed E-state index contributed by atoms with van der Waals surface area (Å²) in [5.74, 6) is 1.59. The van der Waals surface area contributed by atoms with Crippen molar-refractivity contribution in [2.75, 3.05) is 6.61 Å². The highest BCUT2D eigenvalue weighted by Gasteiger charge is 2.39. The van der Waals surface area contributed by atoms with Gasteiger partial charge in [-0.05, 0) is 36.5 Å². The number of ether oxygens (including phenoxy) is 2. The molecule has 3 rings (SSSR count). The lowest BCUT2D eigenvalue weighted by Gasteiger charge is -2.43. The van der Waals surface area contributed by atoms with Gasteiger partial charge in [0.05, 0.1) is 12.2 Å². The van der Waals surface area contributed by atoms with E-state index in [0.29, 0.717) is 12.0 Å². The number of rotatable bonds is 3. The Kier molecular flexibility index (Phi) is 4.54. The van der Waals surface area contributed by atoms with E-state index in [1.54, 1.807) is 0 Å². The first kappa shape index (κ1) is 14.9. The molecule has 2 fully saturated rings. The van der Waals surface area contributed by atoms with Crippen LogP contribution >= 0.6 is 0 Å². The first-order valence-corrected chi connectivity index (χ1v) is 8.57. The standard InChI is InChI=1S/C19H28O2/c1-15(2)16-6-8-17(9-7-16)21-18-10-13-20-19(14-18)11-4-3-5-12-19/h6-9,15,18H,3-5,10-14H2,1-2H3. The van der Waals surface area contributed by atoms with Crippen molar-refractivity contribution in [3.8, 4) is 5.75 Å². The summed E-state index contributed by atoms with van der Waals surface area (Å²) in [5.41, 5.74) is 1.50. The second kappa shape index (κ2) is 6.39. The minimum Gasteiger partial charge on any atom is -0.490 e. The fraction of sp³-hybridized carbons (Fsp3) is 0.684. The molecule has 1 heterocycles. The Labute approximate surface area is 128 Å². The molecule has 1 aromatic carbocycles. The minimum atomic E-state index is 0.124. The maximum Gasteiger partial charge on any atom is 0.119 e. The SMILES string of the molecule is CC(C)c1ccc(OC2CCOC3(CCCCC3)C2)cc1. The Morgan fingerprint density at radius 3 is 2.48 bits per heavy atom. The van der Waals surface area contributed by atoms with E-state index in [1.165, 1.54) is 37.7 Å². The quantitative estimate of drug-likeness (QED) is 0.773. The van der Waals surface area contributed by atoms with Crippen LogP contribution in [-0.2, 0) is 4.74 Å². The fourth-order valence-corrected chi connectivity index (χ4v) is 3.75. The van der Waals surface area contributed by atoms with E-state index >= 15 is 0 Å². The van der Waals surface area contributed by atoms with Crippen LogP contribution in [0.5, 0.6) is 5.75 Å². The Bertz CT molecular complexity index is 438. The molecule has 1 unspecified atom stereocenters. The first-order chi connectivity index (χ1) is 10.2. The van der Waals surface area contributed by atoms with Crippen LogP contribution in [0, 0.1) is 0 Å². The third-order valence-electron chi connectivity index (χ3n) is 5.06. The van der Waals surface area contributed by atoms with Gasteiger partial charge in [0, 0.05) is 12.8 Å². The molecule has 2 heteroatoms. The van der Waals surface area contributed by atoms with Crippen molar-refractivity contribution in [1.29, 1.82) is 0 Å². The maximum atomic E-state index is 6.24. The maximum absolute atomic E-state index is 6.24. The molecule has 0 radical (unpaired) electrons. The highest BCUT2D eigenvalue weighted by Crippen LogP contribution is 2.39. The topological polar surface area (TPSA) is 18.5 Å². The molecule has 1 spiro atoms. The average Bonchev–Trinajstić information content (AvgIpc) is 2.49. The third kappa shape index (κ3) is 3.60. The molecule has 1 saturated carbocycles. The van der Waals surface area contributed by atoms with E-state index < -0.39 is 0 Å². The molecule has 2 aliphatic rings. The van der Waals surface area contributed by atoms with Crippen LogP contribution in [0.4, 0.5) is 0 Å². The van der Waals surface area contributed by atoms with E-state index in [-0.39, 0.29) is 5.60 Å². The molecular formula is C19H28O2. The van der Waals surface area contributed by atoms with Crippen molar-refractivity contribution in [3.63, 3.8) is 0 Å². The summed E-state index contributed by atoms with van der Waals surface area (Å²) in [6.07, 6.45) is 8.85. The van der Waals surface area contributed by atoms with Crippen LogP contribution in [-0.4, -0.2) is 18.3 Å². The van der Waals surface area contributed by atoms with Crippen LogP contribution < -0.4 is 4.74 Å². The highest BCUT2D eigenvalue weighted by atomic mass is 16.5. The smallest absolute Gasteiger partial charge is 0.119 e. The Morgan fingerprint density at radius 2 is 1.81 bits per heavy atom. The molecule has 1 aromatic rings. The molecule has 116 valence electrons. The highest BCUT2D eigenvalue weighted by molar-refractivity contribution is 5.29. The van der Waals surface area contributed by atoms with Gasteiger partial charge in [-0.1, -0.05) is 45.2 Å². The third-order valence-corrected chi connectivity index (χ3v) is 5.06. The Hall–Kier alpha value is -1.02. The summed E-state index contributed by atoms with van der Waals surface area (Å²) in [6, 6.07) is 8.63. The van der Waals surface area contributed by atoms with Gasteiger partial charge < -0.3 is 9.47 Å². The van der Waals surface area contributed by atoms with Crippen LogP contribution in [0.1, 0.15) is 70.3 Å². The van der Waals surface area contributed by atoms with Crippen molar-refractivity contribution in [2.45, 2.75) is 76.4 Å². The summed E-state index contributed by atoms with van der Waals surface area (Å²) in [4.78, 5) is 0. The van der Waals surface area contributed by atoms with Crippen LogP contribution in [0.15, 0.2) is 24.3 Å². The van der Waals surface area contributed by atoms with Gasteiger partial charge in [0.1, 0.15) is 11.9 Å². The van der Waals surface area contributed by atoms with Crippen molar-refractivity contribution >= 4 is 0 Å². The molecule has 0 aromatic heterocycles. The normalized spacial score (nSPS) is 25.2. The molecule has 0 bridgehead atoms. The van der Waals surface area contributed by atoms with Gasteiger partial charge in [-0.15, -0.1) is 0 Å². The van der Waals surface area contributed by atoms with Crippen molar-refractivity contribution < 1.29 is 9.47 Å². The van der Waals surface area contributed by atoms with Crippen molar-refractivity contribution in [1.82, 2.24) is 0 Å². The van der Waals surface area contributed by atoms with Gasteiger partial charge in [0.2, 0.25) is 0 Å². The van der Waals surface area contributed by atoms with E-state index in [9.17, 15) is 0 Å². The van der Waals surface area contributed by atoms with Gasteiger partial charge in [-0.2, -0.15) is 0 Å². The molecule has 1 saturated heterocycles. The molecular weight excluding hydrogens is 260 g/mol. The summed E-state index contributed by atoms with van der Waals surface area (Å²) in [7, 11) is 0. The molecule has 0 N–H and O–H groups in total. The zero-order valence-electron chi connectivity index (χ0n) is 13.4. The van der Waals surface area contributed by atoms with Gasteiger partial charge in [-0.3, -0.25) is 0 Å². The molecule has 1 aliphatic carbocycles. The molecule has 1 atom stereocenters. The lowest BCUT2D eigenvalue weighted by Crippen LogP contribution is -2.45. The largest absolute Gasteiger partial charge is 0.490 e. The zero-order valence-corrected chi connectivity index (χ0v) is 13.4. The van der Waals surface area contributed by atoms with E-state index in [4.69, 9.17) is 9.47 Å². The van der Waals surface area contributed by atoms with Crippen LogP contribution in [0.2, 0.25) is 0 Å². The summed E-state index contributed by atoms with van der Waals surface area (Å²) < 4.78 is 12.4. The first-order valence-electron chi connectivity index (χ1n) is 8.57. The monoisotopic (exact) mass is 288 g/mol. The Balaban J connectivity index is 1.61. The van der Waals surface area contributed by atoms with E-state index in [0.717, 1.165) is 25.2 Å². The number of benzene rings is 1. The predicted octanol–water partition coefficient (Wildman–Crippen LogP) is 5.07. The second-order valence-corrected chi connectivity index (χ2v) is 7.05. The summed E-state index contributed by atoms with van der Waals surface area (Å²) in [6.45, 7) is 5.30. The average molecular weight is 288 g/mol. The van der Waals surface area contributed by atoms with Gasteiger partial charge in [0.15, 0.2) is 0 Å². The summed E-state index contributed by atoms with van der Waals surface area (Å²) >= 11 is 0. The van der Waals surface area contributed by atoms with Crippen LogP contribution in [0.25, 0.3) is 0 Å². The van der Waals surface area contributed by atoms with Gasteiger partial charge >= 0.3 is 0 Å². The predicted molar refractivity (Wildman–Crippen MR) is 85.9 cm³/mol. The van der Waals surface area contributed by atoms with Gasteiger partial charge in [0.25, 0.3) is 0 Å². The molecule has 0 amide bonds. The van der Waals surface area contributed by atoms with Gasteiger partial charge in [-0.25, -0.2) is 0 Å². The molecule has 1 aliphatic heterocycles. The lowest BCUT2D eigenvalue weighted by molar-refractivity contribution is -0.129. The fourth-order valence-electron chi connectivity index (χ4n) is 3.75. The minimum absolute atomic E-state index is 0.124. The Morgan fingerprint density at radius 1 is 1.10 bits per heavy atom. The lowest BCUT2D eigenvalue weighted by atomic mass is 9.79. The number of hydrogen-bond acceptors (Lipinski definition) is 2. The molecule has 2 nitrogen and oxygen atoms in total. The van der Waals surface area contributed by atoms with Crippen molar-refractivity contribution in [3.05, 3.63) is 29.8 Å². The zero-order chi connectivity index (χ0) is 14.7. The number of hydrogen-bond donors (Lipinski definition) is 0.